The number of fused-ring (bicyclic) bond motifs is 2. The lowest BCUT2D eigenvalue weighted by atomic mass is 10.1. The van der Waals surface area contributed by atoms with E-state index < -0.39 is 17.7 Å². The van der Waals surface area contributed by atoms with Crippen LogP contribution in [0.1, 0.15) is 36.9 Å². The molecule has 1 aromatic heterocycles. The van der Waals surface area contributed by atoms with E-state index in [2.05, 4.69) is 34.6 Å². The van der Waals surface area contributed by atoms with Crippen molar-refractivity contribution in [3.8, 4) is 0 Å². The summed E-state index contributed by atoms with van der Waals surface area (Å²) >= 11 is 1.47. The Bertz CT molecular complexity index is 1140. The number of nitrogens with one attached hydrogen (secondary N) is 2. The van der Waals surface area contributed by atoms with Gasteiger partial charge in [-0.1, -0.05) is 53.8 Å². The molecule has 1 atom stereocenters. The van der Waals surface area contributed by atoms with Crippen LogP contribution in [0.15, 0.2) is 54.6 Å². The van der Waals surface area contributed by atoms with Crippen molar-refractivity contribution in [3.05, 3.63) is 81.9 Å². The number of hydrogen-bond donors (Lipinski definition) is 2. The first-order valence-electron chi connectivity index (χ1n) is 10.2. The largest absolute Gasteiger partial charge is 0.326 e. The van der Waals surface area contributed by atoms with Crippen LogP contribution in [0.5, 0.6) is 0 Å². The Morgan fingerprint density at radius 3 is 2.42 bits per heavy atom. The van der Waals surface area contributed by atoms with E-state index >= 15 is 0 Å². The Kier molecular flexibility index (Phi) is 5.09. The molecule has 156 valence electrons. The molecule has 3 heterocycles. The van der Waals surface area contributed by atoms with Gasteiger partial charge in [0.05, 0.1) is 28.2 Å². The predicted molar refractivity (Wildman–Crippen MR) is 116 cm³/mol. The molecule has 3 amide bonds. The summed E-state index contributed by atoms with van der Waals surface area (Å²) in [4.78, 5) is 45.6. The smallest absolute Gasteiger partial charge is 0.262 e. The molecule has 31 heavy (non-hydrogen) atoms. The van der Waals surface area contributed by atoms with Crippen molar-refractivity contribution >= 4 is 34.2 Å². The number of amides is 3. The molecular weight excluding hydrogens is 412 g/mol. The number of thiazole rings is 1. The molecule has 0 spiro atoms. The van der Waals surface area contributed by atoms with Crippen molar-refractivity contribution in [1.82, 2.24) is 9.88 Å². The second-order valence-electron chi connectivity index (χ2n) is 7.77. The van der Waals surface area contributed by atoms with Crippen molar-refractivity contribution < 1.29 is 19.3 Å². The van der Waals surface area contributed by atoms with Crippen molar-refractivity contribution in [1.29, 1.82) is 0 Å². The van der Waals surface area contributed by atoms with Crippen molar-refractivity contribution in [3.63, 3.8) is 0 Å². The van der Waals surface area contributed by atoms with E-state index in [0.29, 0.717) is 16.3 Å². The van der Waals surface area contributed by atoms with E-state index in [9.17, 15) is 14.4 Å². The Morgan fingerprint density at radius 2 is 1.71 bits per heavy atom. The number of hydrogen-bond acceptors (Lipinski definition) is 5. The highest BCUT2D eigenvalue weighted by Crippen LogP contribution is 2.25. The van der Waals surface area contributed by atoms with Crippen molar-refractivity contribution in [2.24, 2.45) is 0 Å². The summed E-state index contributed by atoms with van der Waals surface area (Å²) in [5.74, 6) is -1.29. The van der Waals surface area contributed by atoms with Crippen LogP contribution in [0.25, 0.3) is 0 Å². The number of rotatable bonds is 5. The van der Waals surface area contributed by atoms with Gasteiger partial charge in [0.15, 0.2) is 5.13 Å². The van der Waals surface area contributed by atoms with Crippen LogP contribution in [0.2, 0.25) is 0 Å². The van der Waals surface area contributed by atoms with Crippen LogP contribution in [0, 0.1) is 0 Å². The number of carbonyl (C=O) groups is 3. The number of carbonyl (C=O) groups excluding carboxylic acids is 3. The molecule has 2 aromatic carbocycles. The first-order chi connectivity index (χ1) is 15.1. The molecule has 8 heteroatoms. The minimum absolute atomic E-state index is 0.317. The lowest BCUT2D eigenvalue weighted by molar-refractivity contribution is -0.929. The molecule has 3 aromatic rings. The Morgan fingerprint density at radius 1 is 1.03 bits per heavy atom. The highest BCUT2D eigenvalue weighted by atomic mass is 32.1. The standard InChI is InChI=1S/C23H20N4O3S/c28-20(14-27-21(29)16-8-4-5-9-17(16)22(27)30)25-23-24-18-10-11-26(13-19(18)31-23)12-15-6-2-1-3-7-15/h1-9H,10-14H2,(H,24,25,28)/p+1. The van der Waals surface area contributed by atoms with Crippen LogP contribution in [0.4, 0.5) is 5.13 Å². The molecule has 5 rings (SSSR count). The molecular formula is C23H21N4O3S+. The fourth-order valence-corrected chi connectivity index (χ4v) is 5.20. The quantitative estimate of drug-likeness (QED) is 0.598. The number of quaternary nitrogens is 1. The minimum Gasteiger partial charge on any atom is -0.326 e. The van der Waals surface area contributed by atoms with Crippen LogP contribution in [0.3, 0.4) is 0 Å². The average molecular weight is 434 g/mol. The fraction of sp³-hybridized carbons (Fsp3) is 0.217. The van der Waals surface area contributed by atoms with Gasteiger partial charge in [-0.2, -0.15) is 0 Å². The lowest BCUT2D eigenvalue weighted by Crippen LogP contribution is -3.10. The maximum absolute atomic E-state index is 12.5. The molecule has 2 N–H and O–H groups in total. The molecule has 7 nitrogen and oxygen atoms in total. The summed E-state index contributed by atoms with van der Waals surface area (Å²) in [6.07, 6.45) is 0.863. The van der Waals surface area contributed by atoms with E-state index in [1.807, 2.05) is 6.07 Å². The molecule has 2 aliphatic heterocycles. The van der Waals surface area contributed by atoms with Crippen LogP contribution in [-0.4, -0.2) is 40.7 Å². The third kappa shape index (κ3) is 3.87. The monoisotopic (exact) mass is 433 g/mol. The number of anilines is 1. The summed E-state index contributed by atoms with van der Waals surface area (Å²) in [6.45, 7) is 2.51. The maximum Gasteiger partial charge on any atom is 0.262 e. The van der Waals surface area contributed by atoms with Crippen LogP contribution >= 0.6 is 11.3 Å². The van der Waals surface area contributed by atoms with E-state index in [1.54, 1.807) is 24.3 Å². The third-order valence-electron chi connectivity index (χ3n) is 5.63. The first-order valence-corrected chi connectivity index (χ1v) is 11.0. The molecule has 2 aliphatic rings. The molecule has 0 saturated heterocycles. The second-order valence-corrected chi connectivity index (χ2v) is 8.85. The Balaban J connectivity index is 1.22. The second kappa shape index (κ2) is 8.05. The average Bonchev–Trinajstić information content (AvgIpc) is 3.28. The molecule has 1 unspecified atom stereocenters. The van der Waals surface area contributed by atoms with Gasteiger partial charge in [0.25, 0.3) is 11.8 Å². The zero-order chi connectivity index (χ0) is 21.4. The zero-order valence-corrected chi connectivity index (χ0v) is 17.6. The van der Waals surface area contributed by atoms with Crippen molar-refractivity contribution in [2.45, 2.75) is 19.5 Å². The molecule has 0 saturated carbocycles. The number of benzene rings is 2. The maximum atomic E-state index is 12.5. The lowest BCUT2D eigenvalue weighted by Gasteiger charge is -2.22. The highest BCUT2D eigenvalue weighted by molar-refractivity contribution is 7.15. The van der Waals surface area contributed by atoms with Gasteiger partial charge in [0.1, 0.15) is 19.6 Å². The van der Waals surface area contributed by atoms with Gasteiger partial charge >= 0.3 is 0 Å². The molecule has 0 radical (unpaired) electrons. The van der Waals surface area contributed by atoms with Crippen molar-refractivity contribution in [2.75, 3.05) is 18.4 Å². The summed E-state index contributed by atoms with van der Waals surface area (Å²) in [7, 11) is 0. The number of nitrogens with zero attached hydrogens (tertiary/aromatic N) is 2. The topological polar surface area (TPSA) is 83.8 Å². The van der Waals surface area contributed by atoms with Gasteiger partial charge in [-0.05, 0) is 12.1 Å². The minimum atomic E-state index is -0.436. The third-order valence-corrected chi connectivity index (χ3v) is 6.64. The molecule has 0 aliphatic carbocycles. The summed E-state index contributed by atoms with van der Waals surface area (Å²) in [6, 6.07) is 17.0. The van der Waals surface area contributed by atoms with Gasteiger partial charge in [-0.15, -0.1) is 0 Å². The van der Waals surface area contributed by atoms with E-state index in [4.69, 9.17) is 0 Å². The fourth-order valence-electron chi connectivity index (χ4n) is 4.10. The molecule has 0 bridgehead atoms. The molecule has 0 fully saturated rings. The van der Waals surface area contributed by atoms with Gasteiger partial charge in [-0.25, -0.2) is 4.98 Å². The van der Waals surface area contributed by atoms with E-state index in [0.717, 1.165) is 36.6 Å². The highest BCUT2D eigenvalue weighted by Gasteiger charge is 2.36. The number of imide groups is 1. The van der Waals surface area contributed by atoms with Gasteiger partial charge in [-0.3, -0.25) is 19.3 Å². The zero-order valence-electron chi connectivity index (χ0n) is 16.8. The Labute approximate surface area is 183 Å². The van der Waals surface area contributed by atoms with Crippen LogP contribution < -0.4 is 10.2 Å². The number of aromatic nitrogens is 1. The van der Waals surface area contributed by atoms with Gasteiger partial charge < -0.3 is 10.2 Å². The normalized spacial score (nSPS) is 17.4. The Hall–Kier alpha value is -3.36. The first kappa shape index (κ1) is 19.6. The van der Waals surface area contributed by atoms with Gasteiger partial charge in [0.2, 0.25) is 5.91 Å². The van der Waals surface area contributed by atoms with E-state index in [1.165, 1.54) is 26.7 Å². The SMILES string of the molecule is O=C(CN1C(=O)c2ccccc2C1=O)Nc1nc2c(s1)C[NH+](Cc1ccccc1)CC2. The van der Waals surface area contributed by atoms with Gasteiger partial charge in [0, 0.05) is 12.0 Å². The predicted octanol–water partition coefficient (Wildman–Crippen LogP) is 1.52. The summed E-state index contributed by atoms with van der Waals surface area (Å²) < 4.78 is 0. The summed E-state index contributed by atoms with van der Waals surface area (Å²) in [5.41, 5.74) is 3.01. The van der Waals surface area contributed by atoms with E-state index in [-0.39, 0.29) is 6.54 Å². The van der Waals surface area contributed by atoms with Crippen LogP contribution in [-0.2, 0) is 24.3 Å². The summed E-state index contributed by atoms with van der Waals surface area (Å²) in [5, 5.41) is 3.29.